The average molecular weight is 379 g/mol. The van der Waals surface area contributed by atoms with E-state index >= 15 is 0 Å². The maximum Gasteiger partial charge on any atom is 0.332 e. The lowest BCUT2D eigenvalue weighted by Crippen LogP contribution is -2.40. The number of rotatable bonds is 7. The monoisotopic (exact) mass is 378 g/mol. The molecule has 0 aliphatic carbocycles. The van der Waals surface area contributed by atoms with Gasteiger partial charge in [0.05, 0.1) is 0 Å². The van der Waals surface area contributed by atoms with Gasteiger partial charge in [-0.3, -0.25) is 4.79 Å². The summed E-state index contributed by atoms with van der Waals surface area (Å²) in [5.74, 6) is -2.67. The summed E-state index contributed by atoms with van der Waals surface area (Å²) >= 11 is 12.3. The van der Waals surface area contributed by atoms with Crippen LogP contribution in [0.4, 0.5) is 0 Å². The zero-order chi connectivity index (χ0) is 18.6. The first-order chi connectivity index (χ1) is 11.8. The molecule has 2 aromatic rings. The van der Waals surface area contributed by atoms with Gasteiger partial charge in [-0.05, 0) is 36.1 Å². The smallest absolute Gasteiger partial charge is 0.332 e. The highest BCUT2D eigenvalue weighted by Gasteiger charge is 2.45. The molecule has 0 spiro atoms. The molecular formula is C19H16Cl2O4. The van der Waals surface area contributed by atoms with Gasteiger partial charge in [-0.2, -0.15) is 0 Å². The van der Waals surface area contributed by atoms with Crippen molar-refractivity contribution < 1.29 is 19.8 Å². The Morgan fingerprint density at radius 2 is 1.28 bits per heavy atom. The maximum atomic E-state index is 12.2. The summed E-state index contributed by atoms with van der Waals surface area (Å²) in [6, 6.07) is 13.5. The van der Waals surface area contributed by atoms with E-state index in [0.29, 0.717) is 21.2 Å². The third-order valence-electron chi connectivity index (χ3n) is 4.15. The lowest BCUT2D eigenvalue weighted by molar-refractivity contribution is -0.150. The maximum absolute atomic E-state index is 12.2. The van der Waals surface area contributed by atoms with Crippen molar-refractivity contribution in [1.82, 2.24) is 0 Å². The summed E-state index contributed by atoms with van der Waals surface area (Å²) in [4.78, 5) is 23.8. The quantitative estimate of drug-likeness (QED) is 0.695. The molecule has 6 heteroatoms. The number of benzene rings is 2. The molecule has 2 aromatic carbocycles. The minimum absolute atomic E-state index is 0.113. The molecule has 0 atom stereocenters. The van der Waals surface area contributed by atoms with Crippen molar-refractivity contribution in [3.63, 3.8) is 0 Å². The van der Waals surface area contributed by atoms with Crippen LogP contribution in [0.15, 0.2) is 60.7 Å². The molecule has 2 rings (SSSR count). The molecule has 0 radical (unpaired) electrons. The summed E-state index contributed by atoms with van der Waals surface area (Å²) in [5.41, 5.74) is -1.14. The summed E-state index contributed by atoms with van der Waals surface area (Å²) in [6.07, 6.45) is -0.225. The lowest BCUT2D eigenvalue weighted by Gasteiger charge is -2.30. The molecule has 0 saturated carbocycles. The molecule has 0 saturated heterocycles. The standard InChI is InChI=1S/C19H16Cl2O4/c1-12(17(22)23)19(18(24)25,10-13-6-2-4-8-15(13)20)11-14-7-3-5-9-16(14)21/h2-9H,1,10-11H2,(H,22,23)(H,24,25). The van der Waals surface area contributed by atoms with E-state index in [1.165, 1.54) is 0 Å². The number of hydrogen-bond donors (Lipinski definition) is 2. The third-order valence-corrected chi connectivity index (χ3v) is 4.88. The minimum atomic E-state index is -1.78. The zero-order valence-corrected chi connectivity index (χ0v) is 14.7. The Bertz CT molecular complexity index is 782. The Labute approximate surface area is 155 Å². The van der Waals surface area contributed by atoms with E-state index in [0.717, 1.165) is 0 Å². The summed E-state index contributed by atoms with van der Waals surface area (Å²) in [7, 11) is 0. The summed E-state index contributed by atoms with van der Waals surface area (Å²) < 4.78 is 0. The predicted octanol–water partition coefficient (Wildman–Crippen LogP) is 4.49. The molecule has 0 fully saturated rings. The highest BCUT2D eigenvalue weighted by molar-refractivity contribution is 6.31. The van der Waals surface area contributed by atoms with Crippen LogP contribution < -0.4 is 0 Å². The fourth-order valence-corrected chi connectivity index (χ4v) is 3.10. The second-order valence-electron chi connectivity index (χ2n) is 5.71. The van der Waals surface area contributed by atoms with E-state index in [1.54, 1.807) is 48.5 Å². The van der Waals surface area contributed by atoms with Crippen molar-refractivity contribution >= 4 is 35.1 Å². The van der Waals surface area contributed by atoms with Gasteiger partial charge in [-0.1, -0.05) is 66.2 Å². The van der Waals surface area contributed by atoms with Crippen molar-refractivity contribution in [2.45, 2.75) is 12.8 Å². The Hall–Kier alpha value is -2.30. The molecule has 25 heavy (non-hydrogen) atoms. The molecule has 0 aromatic heterocycles. The van der Waals surface area contributed by atoms with Crippen LogP contribution in [-0.4, -0.2) is 22.2 Å². The van der Waals surface area contributed by atoms with Crippen molar-refractivity contribution in [2.75, 3.05) is 0 Å². The van der Waals surface area contributed by atoms with Crippen LogP contribution in [-0.2, 0) is 22.4 Å². The van der Waals surface area contributed by atoms with Crippen LogP contribution in [0.5, 0.6) is 0 Å². The largest absolute Gasteiger partial charge is 0.481 e. The fourth-order valence-electron chi connectivity index (χ4n) is 2.69. The predicted molar refractivity (Wildman–Crippen MR) is 97.2 cm³/mol. The van der Waals surface area contributed by atoms with E-state index in [-0.39, 0.29) is 12.8 Å². The van der Waals surface area contributed by atoms with E-state index in [9.17, 15) is 19.8 Å². The first-order valence-corrected chi connectivity index (χ1v) is 8.16. The normalized spacial score (nSPS) is 11.1. The average Bonchev–Trinajstić information content (AvgIpc) is 2.57. The first kappa shape index (κ1) is 19.0. The van der Waals surface area contributed by atoms with Crippen LogP contribution in [0.1, 0.15) is 11.1 Å². The Morgan fingerprint density at radius 1 is 0.880 bits per heavy atom. The second-order valence-corrected chi connectivity index (χ2v) is 6.52. The van der Waals surface area contributed by atoms with Crippen LogP contribution >= 0.6 is 23.2 Å². The molecule has 4 nitrogen and oxygen atoms in total. The van der Waals surface area contributed by atoms with E-state index in [4.69, 9.17) is 23.2 Å². The Morgan fingerprint density at radius 3 is 1.60 bits per heavy atom. The minimum Gasteiger partial charge on any atom is -0.481 e. The van der Waals surface area contributed by atoms with Crippen molar-refractivity contribution in [1.29, 1.82) is 0 Å². The van der Waals surface area contributed by atoms with Gasteiger partial charge in [-0.25, -0.2) is 4.79 Å². The topological polar surface area (TPSA) is 74.6 Å². The van der Waals surface area contributed by atoms with Crippen LogP contribution in [0.25, 0.3) is 0 Å². The first-order valence-electron chi connectivity index (χ1n) is 7.41. The number of aliphatic carboxylic acids is 2. The molecule has 0 heterocycles. The van der Waals surface area contributed by atoms with E-state index in [2.05, 4.69) is 6.58 Å². The molecule has 0 bridgehead atoms. The van der Waals surface area contributed by atoms with Gasteiger partial charge in [-0.15, -0.1) is 0 Å². The van der Waals surface area contributed by atoms with Gasteiger partial charge in [0.25, 0.3) is 0 Å². The Kier molecular flexibility index (Phi) is 5.88. The highest BCUT2D eigenvalue weighted by Crippen LogP contribution is 2.38. The summed E-state index contributed by atoms with van der Waals surface area (Å²) in [5, 5.41) is 20.1. The van der Waals surface area contributed by atoms with E-state index in [1.807, 2.05) is 0 Å². The highest BCUT2D eigenvalue weighted by atomic mass is 35.5. The number of hydrogen-bond acceptors (Lipinski definition) is 2. The number of carboxylic acid groups (broad SMARTS) is 2. The lowest BCUT2D eigenvalue weighted by atomic mass is 9.71. The van der Waals surface area contributed by atoms with Gasteiger partial charge < -0.3 is 10.2 Å². The van der Waals surface area contributed by atoms with Gasteiger partial charge >= 0.3 is 11.9 Å². The zero-order valence-electron chi connectivity index (χ0n) is 13.2. The molecule has 130 valence electrons. The summed E-state index contributed by atoms with van der Waals surface area (Å²) in [6.45, 7) is 3.53. The second kappa shape index (κ2) is 7.72. The molecule has 0 unspecified atom stereocenters. The molecule has 0 amide bonds. The van der Waals surface area contributed by atoms with Crippen LogP contribution in [0, 0.1) is 5.41 Å². The van der Waals surface area contributed by atoms with Crippen molar-refractivity contribution in [2.24, 2.45) is 5.41 Å². The fraction of sp³-hybridized carbons (Fsp3) is 0.158. The van der Waals surface area contributed by atoms with Gasteiger partial charge in [0, 0.05) is 15.6 Å². The molecule has 0 aliphatic heterocycles. The number of carboxylic acids is 2. The SMILES string of the molecule is C=C(C(=O)O)C(Cc1ccccc1Cl)(Cc1ccccc1Cl)C(=O)O. The van der Waals surface area contributed by atoms with E-state index < -0.39 is 22.9 Å². The third kappa shape index (κ3) is 4.03. The van der Waals surface area contributed by atoms with Crippen molar-refractivity contribution in [3.8, 4) is 0 Å². The van der Waals surface area contributed by atoms with Gasteiger partial charge in [0.15, 0.2) is 0 Å². The molecule has 0 aliphatic rings. The molecule has 2 N–H and O–H groups in total. The van der Waals surface area contributed by atoms with Crippen molar-refractivity contribution in [3.05, 3.63) is 81.9 Å². The number of carbonyl (C=O) groups is 2. The van der Waals surface area contributed by atoms with Gasteiger partial charge in [0.1, 0.15) is 5.41 Å². The Balaban J connectivity index is 2.58. The molecular weight excluding hydrogens is 363 g/mol. The van der Waals surface area contributed by atoms with Crippen LogP contribution in [0.2, 0.25) is 10.0 Å². The number of halogens is 2. The van der Waals surface area contributed by atoms with Crippen LogP contribution in [0.3, 0.4) is 0 Å². The van der Waals surface area contributed by atoms with Gasteiger partial charge in [0.2, 0.25) is 0 Å².